The second-order valence-electron chi connectivity index (χ2n) is 7.64. The lowest BCUT2D eigenvalue weighted by atomic mass is 10.0. The zero-order chi connectivity index (χ0) is 17.9. The van der Waals surface area contributed by atoms with Crippen molar-refractivity contribution in [3.05, 3.63) is 12.2 Å². The van der Waals surface area contributed by atoms with E-state index in [0.717, 1.165) is 51.6 Å². The Bertz CT molecular complexity index is 414. The van der Waals surface area contributed by atoms with Gasteiger partial charge in [0.25, 0.3) is 0 Å². The molecule has 5 nitrogen and oxygen atoms in total. The summed E-state index contributed by atoms with van der Waals surface area (Å²) < 4.78 is 6.04. The molecule has 0 spiro atoms. The fraction of sp³-hybridized carbons (Fsp3) is 0.850. The van der Waals surface area contributed by atoms with E-state index < -0.39 is 0 Å². The van der Waals surface area contributed by atoms with Gasteiger partial charge in [0, 0.05) is 39.3 Å². The van der Waals surface area contributed by atoms with Crippen molar-refractivity contribution in [3.63, 3.8) is 0 Å². The van der Waals surface area contributed by atoms with Gasteiger partial charge in [-0.1, -0.05) is 37.8 Å². The number of nitrogens with one attached hydrogen (secondary N) is 2. The highest BCUT2D eigenvalue weighted by Gasteiger charge is 2.19. The molecule has 2 aliphatic rings. The first kappa shape index (κ1) is 23.7. The second kappa shape index (κ2) is 13.8. The number of rotatable bonds is 7. The summed E-state index contributed by atoms with van der Waals surface area (Å²) in [5.74, 6) is 0.905. The molecule has 0 aromatic heterocycles. The van der Waals surface area contributed by atoms with E-state index in [1.807, 2.05) is 7.05 Å². The number of aliphatic imine (C=N–C) groups is 1. The molecule has 1 aliphatic carbocycles. The SMILES string of the molecule is C=C(C)CN1CCC(NC(=NC)NCCOC2CCCCCC2)CC1.I. The second-order valence-corrected chi connectivity index (χ2v) is 7.64. The van der Waals surface area contributed by atoms with E-state index in [2.05, 4.69) is 34.0 Å². The first-order chi connectivity index (χ1) is 12.2. The molecule has 0 bridgehead atoms. The van der Waals surface area contributed by atoms with Crippen molar-refractivity contribution in [2.24, 2.45) is 4.99 Å². The van der Waals surface area contributed by atoms with E-state index in [1.54, 1.807) is 0 Å². The topological polar surface area (TPSA) is 48.9 Å². The molecule has 0 atom stereocenters. The van der Waals surface area contributed by atoms with Crippen LogP contribution in [0.2, 0.25) is 0 Å². The molecule has 1 saturated heterocycles. The predicted octanol–water partition coefficient (Wildman–Crippen LogP) is 3.55. The average molecular weight is 478 g/mol. The highest BCUT2D eigenvalue weighted by molar-refractivity contribution is 14.0. The van der Waals surface area contributed by atoms with E-state index in [9.17, 15) is 0 Å². The molecule has 0 amide bonds. The zero-order valence-electron chi connectivity index (χ0n) is 16.8. The number of hydrogen-bond donors (Lipinski definition) is 2. The van der Waals surface area contributed by atoms with Gasteiger partial charge < -0.3 is 15.4 Å². The lowest BCUT2D eigenvalue weighted by molar-refractivity contribution is 0.0467. The van der Waals surface area contributed by atoms with E-state index in [0.29, 0.717) is 12.1 Å². The summed E-state index contributed by atoms with van der Waals surface area (Å²) in [7, 11) is 1.84. The van der Waals surface area contributed by atoms with Crippen LogP contribution >= 0.6 is 24.0 Å². The number of piperidine rings is 1. The van der Waals surface area contributed by atoms with E-state index in [4.69, 9.17) is 4.74 Å². The molecule has 1 aliphatic heterocycles. The van der Waals surface area contributed by atoms with E-state index in [-0.39, 0.29) is 24.0 Å². The van der Waals surface area contributed by atoms with Crippen molar-refractivity contribution in [2.75, 3.05) is 39.8 Å². The molecule has 0 unspecified atom stereocenters. The number of halogens is 1. The largest absolute Gasteiger partial charge is 0.376 e. The molecule has 0 aromatic rings. The van der Waals surface area contributed by atoms with Gasteiger partial charge in [0.05, 0.1) is 12.7 Å². The van der Waals surface area contributed by atoms with Crippen molar-refractivity contribution in [2.45, 2.75) is 70.4 Å². The van der Waals surface area contributed by atoms with Crippen LogP contribution in [0, 0.1) is 0 Å². The lowest BCUT2D eigenvalue weighted by Crippen LogP contribution is -2.49. The average Bonchev–Trinajstić information content (AvgIpc) is 2.87. The number of guanidine groups is 1. The maximum atomic E-state index is 6.04. The minimum atomic E-state index is 0. The van der Waals surface area contributed by atoms with Crippen LogP contribution in [0.4, 0.5) is 0 Å². The highest BCUT2D eigenvalue weighted by Crippen LogP contribution is 2.19. The summed E-state index contributed by atoms with van der Waals surface area (Å²) in [6.45, 7) is 11.0. The Balaban J connectivity index is 0.00000338. The third-order valence-corrected chi connectivity index (χ3v) is 5.20. The van der Waals surface area contributed by atoms with Gasteiger partial charge in [-0.25, -0.2) is 0 Å². The van der Waals surface area contributed by atoms with Gasteiger partial charge in [0.2, 0.25) is 0 Å². The lowest BCUT2D eigenvalue weighted by Gasteiger charge is -2.33. The van der Waals surface area contributed by atoms with Gasteiger partial charge in [-0.2, -0.15) is 0 Å². The van der Waals surface area contributed by atoms with Crippen LogP contribution in [0.5, 0.6) is 0 Å². The monoisotopic (exact) mass is 478 g/mol. The van der Waals surface area contributed by atoms with Crippen molar-refractivity contribution in [1.82, 2.24) is 15.5 Å². The predicted molar refractivity (Wildman–Crippen MR) is 122 cm³/mol. The van der Waals surface area contributed by atoms with Crippen molar-refractivity contribution < 1.29 is 4.74 Å². The van der Waals surface area contributed by atoms with Gasteiger partial charge >= 0.3 is 0 Å². The van der Waals surface area contributed by atoms with Crippen molar-refractivity contribution in [1.29, 1.82) is 0 Å². The molecule has 2 N–H and O–H groups in total. The Hall–Kier alpha value is -0.340. The Labute approximate surface area is 177 Å². The Morgan fingerprint density at radius 2 is 1.77 bits per heavy atom. The van der Waals surface area contributed by atoms with Gasteiger partial charge in [-0.15, -0.1) is 24.0 Å². The third kappa shape index (κ3) is 9.55. The standard InChI is InChI=1S/C20H38N4O.HI/c1-17(2)16-24-13-10-18(11-14-24)23-20(21-3)22-12-15-25-19-8-6-4-5-7-9-19;/h18-19H,1,4-16H2,2-3H3,(H2,21,22,23);1H. The van der Waals surface area contributed by atoms with Crippen LogP contribution in [-0.4, -0.2) is 62.8 Å². The summed E-state index contributed by atoms with van der Waals surface area (Å²) in [5, 5.41) is 6.96. The molecule has 0 aromatic carbocycles. The van der Waals surface area contributed by atoms with Crippen LogP contribution in [0.25, 0.3) is 0 Å². The van der Waals surface area contributed by atoms with Crippen LogP contribution in [0.3, 0.4) is 0 Å². The van der Waals surface area contributed by atoms with Gasteiger partial charge in [0.1, 0.15) is 0 Å². The summed E-state index contributed by atoms with van der Waals surface area (Å²) in [6, 6.07) is 0.510. The molecule has 26 heavy (non-hydrogen) atoms. The number of ether oxygens (including phenoxy) is 1. The fourth-order valence-electron chi connectivity index (χ4n) is 3.81. The van der Waals surface area contributed by atoms with Gasteiger partial charge in [-0.3, -0.25) is 9.89 Å². The molecule has 1 heterocycles. The van der Waals surface area contributed by atoms with Crippen molar-refractivity contribution in [3.8, 4) is 0 Å². The molecule has 6 heteroatoms. The zero-order valence-corrected chi connectivity index (χ0v) is 19.1. The highest BCUT2D eigenvalue weighted by atomic mass is 127. The molecule has 152 valence electrons. The fourth-order valence-corrected chi connectivity index (χ4v) is 3.81. The van der Waals surface area contributed by atoms with Gasteiger partial charge in [-0.05, 0) is 32.6 Å². The Morgan fingerprint density at radius 3 is 2.35 bits per heavy atom. The third-order valence-electron chi connectivity index (χ3n) is 5.20. The van der Waals surface area contributed by atoms with Crippen LogP contribution < -0.4 is 10.6 Å². The Morgan fingerprint density at radius 1 is 1.12 bits per heavy atom. The van der Waals surface area contributed by atoms with Crippen LogP contribution in [0.15, 0.2) is 17.1 Å². The maximum Gasteiger partial charge on any atom is 0.191 e. The number of hydrogen-bond acceptors (Lipinski definition) is 3. The molecular formula is C20H39IN4O. The minimum Gasteiger partial charge on any atom is -0.376 e. The number of nitrogens with zero attached hydrogens (tertiary/aromatic N) is 2. The van der Waals surface area contributed by atoms with Crippen molar-refractivity contribution >= 4 is 29.9 Å². The van der Waals surface area contributed by atoms with Crippen LogP contribution in [0.1, 0.15) is 58.3 Å². The molecule has 1 saturated carbocycles. The minimum absolute atomic E-state index is 0. The van der Waals surface area contributed by atoms with E-state index in [1.165, 1.54) is 44.1 Å². The van der Waals surface area contributed by atoms with E-state index >= 15 is 0 Å². The molecular weight excluding hydrogens is 439 g/mol. The molecule has 2 fully saturated rings. The van der Waals surface area contributed by atoms with Crippen LogP contribution in [-0.2, 0) is 4.74 Å². The quantitative estimate of drug-likeness (QED) is 0.147. The summed E-state index contributed by atoms with van der Waals surface area (Å²) in [6.07, 6.45) is 10.7. The maximum absolute atomic E-state index is 6.04. The summed E-state index contributed by atoms with van der Waals surface area (Å²) in [5.41, 5.74) is 1.25. The molecule has 0 radical (unpaired) electrons. The molecule has 2 rings (SSSR count). The number of likely N-dealkylation sites (tertiary alicyclic amines) is 1. The Kier molecular flexibility index (Phi) is 12.6. The normalized spacial score (nSPS) is 20.9. The first-order valence-electron chi connectivity index (χ1n) is 10.1. The summed E-state index contributed by atoms with van der Waals surface area (Å²) >= 11 is 0. The van der Waals surface area contributed by atoms with Gasteiger partial charge in [0.15, 0.2) is 5.96 Å². The summed E-state index contributed by atoms with van der Waals surface area (Å²) in [4.78, 5) is 6.84. The first-order valence-corrected chi connectivity index (χ1v) is 10.1. The smallest absolute Gasteiger partial charge is 0.191 e.